The second kappa shape index (κ2) is 20.2. The SMILES string of the molecule is Cc1cc(N=Nc2ccc3c(S(=O)(=O)O)c(N=Nc4c(C)nn(-c5cc(S(=O)(=O)O)c6cc([N+](=O)[O-])cc(S(=O)(=O)O)c6c5)c4O)ccc3c2O)c(OCCCS(=O)(=O)O)cc1N=Nc1nc2c(S(=O)(=O)O)cccc2s1. The summed E-state index contributed by atoms with van der Waals surface area (Å²) in [6.07, 6.45) is -0.193. The van der Waals surface area contributed by atoms with Crippen molar-refractivity contribution in [2.75, 3.05) is 12.4 Å². The van der Waals surface area contributed by atoms with Crippen LogP contribution in [0.5, 0.6) is 17.4 Å². The summed E-state index contributed by atoms with van der Waals surface area (Å²) < 4.78 is 178. The number of nitro groups is 1. The molecule has 2 heterocycles. The highest BCUT2D eigenvalue weighted by Gasteiger charge is 2.29. The standard InChI is InChI=1S/C41H32N10O20S6/c1-19-13-30(31(71-11-4-12-73(56,57)58)18-29(19)45-48-41-42-37-32(72-41)5-3-6-33(37)74(59,60)61)46-43-27-9-8-24-23(38(27)52)7-10-28(39(24)77(68,69)70)44-47-36-20(2)49-50(40(36)53)21-14-25-26(34(16-21)75(62,63)64)15-22(51(54)55)17-35(25)76(65,66)67/h3,5-10,13-18,52-53H,4,11-12H2,1-2H3,(H,56,57,58)(H,59,60,61)(H,62,63,64)(H,65,66,67)(H,68,69,70). The van der Waals surface area contributed by atoms with Gasteiger partial charge in [0, 0.05) is 39.7 Å². The molecule has 0 saturated carbocycles. The van der Waals surface area contributed by atoms with Crippen molar-refractivity contribution in [3.8, 4) is 23.1 Å². The Balaban J connectivity index is 1.14. The number of thiazole rings is 1. The van der Waals surface area contributed by atoms with Crippen LogP contribution in [-0.4, -0.2) is 107 Å². The minimum atomic E-state index is -5.34. The number of azo groups is 3. The molecular formula is C41H32N10O20S6. The third-order valence-corrected chi connectivity index (χ3v) is 16.1. The van der Waals surface area contributed by atoms with Crippen LogP contribution < -0.4 is 4.74 Å². The maximum atomic E-state index is 13.0. The van der Waals surface area contributed by atoms with Crippen LogP contribution >= 0.6 is 11.3 Å². The average molecular weight is 1180 g/mol. The molecule has 77 heavy (non-hydrogen) atoms. The zero-order chi connectivity index (χ0) is 56.3. The number of phenols is 1. The first kappa shape index (κ1) is 55.3. The van der Waals surface area contributed by atoms with Crippen LogP contribution in [0, 0.1) is 24.0 Å². The van der Waals surface area contributed by atoms with Crippen molar-refractivity contribution in [1.29, 1.82) is 0 Å². The third-order valence-electron chi connectivity index (χ3n) is 10.8. The van der Waals surface area contributed by atoms with Crippen LogP contribution in [0.1, 0.15) is 17.7 Å². The summed E-state index contributed by atoms with van der Waals surface area (Å²) in [6.45, 7) is 2.52. The maximum Gasteiger partial charge on any atom is 0.297 e. The Bertz CT molecular complexity index is 4530. The van der Waals surface area contributed by atoms with Gasteiger partial charge in [-0.3, -0.25) is 32.9 Å². The van der Waals surface area contributed by atoms with Crippen molar-refractivity contribution in [3.05, 3.63) is 100 Å². The topological polar surface area (TPSA) is 470 Å². The van der Waals surface area contributed by atoms with Crippen LogP contribution in [-0.2, 0) is 50.6 Å². The smallest absolute Gasteiger partial charge is 0.297 e. The van der Waals surface area contributed by atoms with E-state index in [0.717, 1.165) is 47.7 Å². The van der Waals surface area contributed by atoms with Gasteiger partial charge in [0.25, 0.3) is 56.3 Å². The molecule has 402 valence electrons. The van der Waals surface area contributed by atoms with Crippen molar-refractivity contribution in [1.82, 2.24) is 14.8 Å². The van der Waals surface area contributed by atoms with Gasteiger partial charge in [-0.2, -0.15) is 51.9 Å². The Hall–Kier alpha value is -7.91. The minimum Gasteiger partial charge on any atom is -0.505 e. The number of phenolic OH excluding ortho intramolecular Hbond substituents is 1. The lowest BCUT2D eigenvalue weighted by Crippen LogP contribution is -2.08. The number of aromatic nitrogens is 3. The molecule has 0 aliphatic carbocycles. The lowest BCUT2D eigenvalue weighted by atomic mass is 10.1. The summed E-state index contributed by atoms with van der Waals surface area (Å²) in [7, 11) is -24.9. The van der Waals surface area contributed by atoms with Crippen LogP contribution in [0.3, 0.4) is 0 Å². The number of fused-ring (bicyclic) bond motifs is 3. The number of benzene rings is 6. The van der Waals surface area contributed by atoms with Gasteiger partial charge < -0.3 is 14.9 Å². The van der Waals surface area contributed by atoms with Crippen molar-refractivity contribution < 1.29 is 84.7 Å². The fraction of sp³-hybridized carbons (Fsp3) is 0.122. The van der Waals surface area contributed by atoms with Crippen LogP contribution in [0.2, 0.25) is 0 Å². The molecule has 0 radical (unpaired) electrons. The summed E-state index contributed by atoms with van der Waals surface area (Å²) in [6, 6.07) is 13.7. The highest BCUT2D eigenvalue weighted by molar-refractivity contribution is 7.87. The normalized spacial score (nSPS) is 13.1. The molecule has 0 aliphatic heterocycles. The van der Waals surface area contributed by atoms with Crippen molar-refractivity contribution >= 4 is 133 Å². The van der Waals surface area contributed by atoms with Gasteiger partial charge in [-0.25, -0.2) is 4.98 Å². The lowest BCUT2D eigenvalue weighted by Gasteiger charge is -2.12. The number of para-hydroxylation sites is 1. The largest absolute Gasteiger partial charge is 0.505 e. The highest BCUT2D eigenvalue weighted by atomic mass is 32.2. The maximum absolute atomic E-state index is 13.0. The summed E-state index contributed by atoms with van der Waals surface area (Å²) in [5.74, 6) is -2.40. The van der Waals surface area contributed by atoms with E-state index in [1.54, 1.807) is 13.0 Å². The van der Waals surface area contributed by atoms with E-state index >= 15 is 0 Å². The molecule has 0 fully saturated rings. The number of nitro benzene ring substituents is 1. The fourth-order valence-corrected chi connectivity index (χ4v) is 11.7. The minimum absolute atomic E-state index is 0.00213. The zero-order valence-corrected chi connectivity index (χ0v) is 43.4. The predicted molar refractivity (Wildman–Crippen MR) is 269 cm³/mol. The number of hydrogen-bond acceptors (Lipinski definition) is 24. The van der Waals surface area contributed by atoms with Gasteiger partial charge in [0.1, 0.15) is 47.9 Å². The number of aromatic hydroxyl groups is 2. The lowest BCUT2D eigenvalue weighted by molar-refractivity contribution is -0.384. The van der Waals surface area contributed by atoms with E-state index in [1.807, 2.05) is 0 Å². The molecule has 0 spiro atoms. The summed E-state index contributed by atoms with van der Waals surface area (Å²) in [4.78, 5) is 11.0. The van der Waals surface area contributed by atoms with E-state index in [-0.39, 0.29) is 63.0 Å². The first-order chi connectivity index (χ1) is 35.8. The summed E-state index contributed by atoms with van der Waals surface area (Å²) in [5.41, 5.74) is -2.66. The molecule has 0 saturated heterocycles. The van der Waals surface area contributed by atoms with Gasteiger partial charge in [-0.15, -0.1) is 30.7 Å². The van der Waals surface area contributed by atoms with Gasteiger partial charge >= 0.3 is 0 Å². The molecule has 6 aromatic carbocycles. The Morgan fingerprint density at radius 3 is 1.91 bits per heavy atom. The van der Waals surface area contributed by atoms with Crippen molar-refractivity contribution in [2.45, 2.75) is 39.9 Å². The summed E-state index contributed by atoms with van der Waals surface area (Å²) >= 11 is 0.957. The average Bonchev–Trinajstić information content (AvgIpc) is 3.91. The van der Waals surface area contributed by atoms with Gasteiger partial charge in [0.15, 0.2) is 11.4 Å². The number of nitrogens with zero attached hydrogens (tertiary/aromatic N) is 10. The molecule has 30 nitrogen and oxygen atoms in total. The first-order valence-corrected chi connectivity index (χ1v) is 29.1. The molecule has 0 unspecified atom stereocenters. The van der Waals surface area contributed by atoms with E-state index in [2.05, 4.69) is 40.8 Å². The van der Waals surface area contributed by atoms with E-state index in [0.29, 0.717) is 33.1 Å². The Morgan fingerprint density at radius 2 is 1.26 bits per heavy atom. The Labute approximate surface area is 436 Å². The van der Waals surface area contributed by atoms with Gasteiger partial charge in [-0.1, -0.05) is 23.5 Å². The van der Waals surface area contributed by atoms with Gasteiger partial charge in [0.2, 0.25) is 11.0 Å². The van der Waals surface area contributed by atoms with Crippen molar-refractivity contribution in [3.63, 3.8) is 0 Å². The second-order valence-corrected chi connectivity index (χ2v) is 24.2. The molecule has 2 aromatic heterocycles. The molecular weight excluding hydrogens is 1140 g/mol. The van der Waals surface area contributed by atoms with Gasteiger partial charge in [0.05, 0.1) is 39.1 Å². The van der Waals surface area contributed by atoms with Crippen molar-refractivity contribution in [2.24, 2.45) is 30.7 Å². The number of hydrogen-bond donors (Lipinski definition) is 7. The molecule has 8 rings (SSSR count). The Morgan fingerprint density at radius 1 is 0.649 bits per heavy atom. The van der Waals surface area contributed by atoms with E-state index < -0.39 is 126 Å². The number of aryl methyl sites for hydroxylation is 2. The molecule has 0 amide bonds. The highest BCUT2D eigenvalue weighted by Crippen LogP contribution is 2.45. The summed E-state index contributed by atoms with van der Waals surface area (Å²) in [5, 5.41) is 60.6. The van der Waals surface area contributed by atoms with Crippen LogP contribution in [0.25, 0.3) is 37.4 Å². The molecule has 8 aromatic rings. The third kappa shape index (κ3) is 11.8. The molecule has 36 heteroatoms. The van der Waals surface area contributed by atoms with E-state index in [1.165, 1.54) is 25.1 Å². The van der Waals surface area contributed by atoms with Crippen LogP contribution in [0.4, 0.5) is 39.3 Å². The monoisotopic (exact) mass is 1180 g/mol. The fourth-order valence-electron chi connectivity index (χ4n) is 7.45. The van der Waals surface area contributed by atoms with E-state index in [9.17, 15) is 85.2 Å². The zero-order valence-electron chi connectivity index (χ0n) is 38.5. The molecule has 0 aliphatic rings. The first-order valence-electron chi connectivity index (χ1n) is 20.9. The number of ether oxygens (including phenoxy) is 1. The Kier molecular flexibility index (Phi) is 14.5. The second-order valence-electron chi connectivity index (χ2n) is 16.0. The van der Waals surface area contributed by atoms with Gasteiger partial charge in [-0.05, 0) is 74.4 Å². The van der Waals surface area contributed by atoms with E-state index in [4.69, 9.17) is 4.74 Å². The number of rotatable bonds is 17. The number of non-ortho nitro benzene ring substituents is 1. The molecule has 0 atom stereocenters. The quantitative estimate of drug-likeness (QED) is 0.0147. The molecule has 0 bridgehead atoms. The molecule has 7 N–H and O–H groups in total. The predicted octanol–water partition coefficient (Wildman–Crippen LogP) is 8.61. The van der Waals surface area contributed by atoms with Crippen LogP contribution in [0.15, 0.2) is 129 Å².